The molecule has 28 heavy (non-hydrogen) atoms. The highest BCUT2D eigenvalue weighted by Crippen LogP contribution is 2.40. The van der Waals surface area contributed by atoms with Crippen LogP contribution in [0.4, 0.5) is 5.95 Å². The van der Waals surface area contributed by atoms with Gasteiger partial charge in [-0.25, -0.2) is 15.0 Å². The topological polar surface area (TPSA) is 50.6 Å². The summed E-state index contributed by atoms with van der Waals surface area (Å²) in [5.74, 6) is 3.05. The molecule has 1 saturated carbocycles. The van der Waals surface area contributed by atoms with E-state index in [1.54, 1.807) is 12.4 Å². The Balaban J connectivity index is 1.31. The van der Waals surface area contributed by atoms with Crippen LogP contribution in [0.2, 0.25) is 0 Å². The lowest BCUT2D eigenvalue weighted by Gasteiger charge is -2.32. The highest BCUT2D eigenvalue weighted by atomic mass is 16.5. The Morgan fingerprint density at radius 2 is 1.96 bits per heavy atom. The molecular weight excluding hydrogens is 348 g/mol. The van der Waals surface area contributed by atoms with Gasteiger partial charge in [-0.1, -0.05) is 12.1 Å². The summed E-state index contributed by atoms with van der Waals surface area (Å²) >= 11 is 0. The molecule has 0 amide bonds. The SMILES string of the molecule is Cc1c(OCC2CC2)cccc1C1CCC2=C(C=NN(c3ncccn3)C2)C1. The van der Waals surface area contributed by atoms with Gasteiger partial charge in [0, 0.05) is 12.4 Å². The zero-order valence-corrected chi connectivity index (χ0v) is 16.3. The van der Waals surface area contributed by atoms with Crippen molar-refractivity contribution in [1.29, 1.82) is 0 Å². The number of allylic oxidation sites excluding steroid dienone is 1. The zero-order chi connectivity index (χ0) is 18.9. The number of ether oxygens (including phenoxy) is 1. The number of nitrogens with zero attached hydrogens (tertiary/aromatic N) is 4. The van der Waals surface area contributed by atoms with Crippen molar-refractivity contribution < 1.29 is 4.74 Å². The van der Waals surface area contributed by atoms with Crippen LogP contribution in [0.15, 0.2) is 52.9 Å². The van der Waals surface area contributed by atoms with Crippen molar-refractivity contribution in [3.8, 4) is 5.75 Å². The van der Waals surface area contributed by atoms with Crippen LogP contribution in [0.1, 0.15) is 49.1 Å². The van der Waals surface area contributed by atoms with Gasteiger partial charge in [-0.3, -0.25) is 0 Å². The second-order valence-electron chi connectivity index (χ2n) is 8.14. The Labute approximate surface area is 166 Å². The molecule has 5 nitrogen and oxygen atoms in total. The van der Waals surface area contributed by atoms with E-state index in [1.807, 2.05) is 17.3 Å². The second kappa shape index (κ2) is 7.38. The van der Waals surface area contributed by atoms with Gasteiger partial charge < -0.3 is 4.74 Å². The van der Waals surface area contributed by atoms with E-state index in [-0.39, 0.29) is 0 Å². The van der Waals surface area contributed by atoms with Gasteiger partial charge in [-0.05, 0) is 85.3 Å². The molecule has 5 heteroatoms. The third-order valence-electron chi connectivity index (χ3n) is 6.13. The molecule has 3 aliphatic rings. The van der Waals surface area contributed by atoms with E-state index in [2.05, 4.69) is 40.2 Å². The minimum atomic E-state index is 0.536. The molecule has 5 rings (SSSR count). The highest BCUT2D eigenvalue weighted by Gasteiger charge is 2.28. The molecule has 0 saturated heterocycles. The summed E-state index contributed by atoms with van der Waals surface area (Å²) in [7, 11) is 0. The third-order valence-corrected chi connectivity index (χ3v) is 6.13. The van der Waals surface area contributed by atoms with E-state index < -0.39 is 0 Å². The van der Waals surface area contributed by atoms with E-state index in [0.29, 0.717) is 11.9 Å². The van der Waals surface area contributed by atoms with Crippen molar-refractivity contribution in [2.24, 2.45) is 11.0 Å². The Hall–Kier alpha value is -2.69. The fraction of sp³-hybridized carbons (Fsp3) is 0.435. The number of aromatic nitrogens is 2. The van der Waals surface area contributed by atoms with Gasteiger partial charge in [-0.15, -0.1) is 0 Å². The average Bonchev–Trinajstić information content (AvgIpc) is 3.57. The summed E-state index contributed by atoms with van der Waals surface area (Å²) in [6.45, 7) is 3.88. The quantitative estimate of drug-likeness (QED) is 0.765. The molecule has 1 fully saturated rings. The predicted molar refractivity (Wildman–Crippen MR) is 111 cm³/mol. The van der Waals surface area contributed by atoms with Crippen molar-refractivity contribution in [3.63, 3.8) is 0 Å². The maximum absolute atomic E-state index is 6.10. The average molecular weight is 374 g/mol. The smallest absolute Gasteiger partial charge is 0.246 e. The molecular formula is C23H26N4O. The molecule has 1 aliphatic heterocycles. The number of benzene rings is 1. The van der Waals surface area contributed by atoms with Crippen LogP contribution in [-0.2, 0) is 0 Å². The molecule has 0 radical (unpaired) electrons. The van der Waals surface area contributed by atoms with Gasteiger partial charge in [0.05, 0.1) is 19.4 Å². The van der Waals surface area contributed by atoms with E-state index >= 15 is 0 Å². The van der Waals surface area contributed by atoms with Crippen LogP contribution in [0, 0.1) is 12.8 Å². The fourth-order valence-corrected chi connectivity index (χ4v) is 4.24. The summed E-state index contributed by atoms with van der Waals surface area (Å²) in [4.78, 5) is 8.65. The lowest BCUT2D eigenvalue weighted by Crippen LogP contribution is -2.28. The molecule has 144 valence electrons. The van der Waals surface area contributed by atoms with E-state index in [0.717, 1.165) is 37.7 Å². The first-order valence-electron chi connectivity index (χ1n) is 10.3. The van der Waals surface area contributed by atoms with Crippen molar-refractivity contribution in [3.05, 3.63) is 58.9 Å². The van der Waals surface area contributed by atoms with Gasteiger partial charge in [0.15, 0.2) is 0 Å². The fourth-order valence-electron chi connectivity index (χ4n) is 4.24. The summed E-state index contributed by atoms with van der Waals surface area (Å²) in [6.07, 6.45) is 11.5. The number of hydrogen-bond donors (Lipinski definition) is 0. The van der Waals surface area contributed by atoms with Crippen LogP contribution in [0.3, 0.4) is 0 Å². The summed E-state index contributed by atoms with van der Waals surface area (Å²) < 4.78 is 6.10. The second-order valence-corrected chi connectivity index (χ2v) is 8.14. The third kappa shape index (κ3) is 3.53. The maximum Gasteiger partial charge on any atom is 0.246 e. The van der Waals surface area contributed by atoms with E-state index in [4.69, 9.17) is 4.74 Å². The van der Waals surface area contributed by atoms with E-state index in [9.17, 15) is 0 Å². The number of hydrazone groups is 1. The molecule has 1 aromatic carbocycles. The van der Waals surface area contributed by atoms with E-state index in [1.165, 1.54) is 41.5 Å². The molecule has 2 aliphatic carbocycles. The largest absolute Gasteiger partial charge is 0.493 e. The monoisotopic (exact) mass is 374 g/mol. The standard InChI is InChI=1S/C23H26N4O/c1-16-21(4-2-5-22(16)28-15-17-6-7-17)18-8-9-19-14-27(26-13-20(19)12-18)23-24-10-3-11-25-23/h2-5,10-11,13,17-18H,6-9,12,14-15H2,1H3. The minimum absolute atomic E-state index is 0.536. The van der Waals surface area contributed by atoms with Crippen molar-refractivity contribution in [2.45, 2.75) is 44.9 Å². The first-order valence-corrected chi connectivity index (χ1v) is 10.3. The van der Waals surface area contributed by atoms with Gasteiger partial charge in [0.25, 0.3) is 0 Å². The molecule has 0 bridgehead atoms. The van der Waals surface area contributed by atoms with Crippen LogP contribution >= 0.6 is 0 Å². The Morgan fingerprint density at radius 3 is 2.79 bits per heavy atom. The lowest BCUT2D eigenvalue weighted by atomic mass is 9.78. The Morgan fingerprint density at radius 1 is 1.11 bits per heavy atom. The summed E-state index contributed by atoms with van der Waals surface area (Å²) in [6, 6.07) is 8.38. The molecule has 2 aromatic rings. The lowest BCUT2D eigenvalue weighted by molar-refractivity contribution is 0.297. The minimum Gasteiger partial charge on any atom is -0.493 e. The number of anilines is 1. The molecule has 0 N–H and O–H groups in total. The summed E-state index contributed by atoms with van der Waals surface area (Å²) in [5, 5.41) is 6.51. The van der Waals surface area contributed by atoms with Gasteiger partial charge >= 0.3 is 0 Å². The van der Waals surface area contributed by atoms with Crippen LogP contribution in [0.5, 0.6) is 5.75 Å². The normalized spacial score (nSPS) is 21.6. The predicted octanol–water partition coefficient (Wildman–Crippen LogP) is 4.64. The van der Waals surface area contributed by atoms with Gasteiger partial charge in [0.2, 0.25) is 5.95 Å². The van der Waals surface area contributed by atoms with Crippen molar-refractivity contribution >= 4 is 12.2 Å². The Bertz CT molecular complexity index is 917. The highest BCUT2D eigenvalue weighted by molar-refractivity contribution is 5.82. The van der Waals surface area contributed by atoms with Crippen LogP contribution in [0.25, 0.3) is 0 Å². The molecule has 1 unspecified atom stereocenters. The van der Waals surface area contributed by atoms with Gasteiger partial charge in [0.1, 0.15) is 5.75 Å². The first-order chi connectivity index (χ1) is 13.8. The molecule has 2 heterocycles. The van der Waals surface area contributed by atoms with Crippen LogP contribution in [-0.4, -0.2) is 29.3 Å². The van der Waals surface area contributed by atoms with Gasteiger partial charge in [-0.2, -0.15) is 5.10 Å². The number of hydrogen-bond acceptors (Lipinski definition) is 5. The molecule has 0 spiro atoms. The van der Waals surface area contributed by atoms with Crippen LogP contribution < -0.4 is 9.75 Å². The van der Waals surface area contributed by atoms with Crippen molar-refractivity contribution in [1.82, 2.24) is 9.97 Å². The number of rotatable bonds is 5. The first kappa shape index (κ1) is 17.4. The molecule has 1 atom stereocenters. The van der Waals surface area contributed by atoms with Crippen molar-refractivity contribution in [2.75, 3.05) is 18.2 Å². The summed E-state index contributed by atoms with van der Waals surface area (Å²) in [5.41, 5.74) is 5.59. The maximum atomic E-state index is 6.10. The Kier molecular flexibility index (Phi) is 4.59. The zero-order valence-electron chi connectivity index (χ0n) is 16.3. The molecule has 1 aromatic heterocycles.